The lowest BCUT2D eigenvalue weighted by atomic mass is 10.1. The van der Waals surface area contributed by atoms with Crippen molar-refractivity contribution >= 4 is 22.4 Å². The molecular weight excluding hydrogens is 212 g/mol. The Morgan fingerprint density at radius 3 is 2.65 bits per heavy atom. The normalized spacial score (nSPS) is 10.2. The van der Waals surface area contributed by atoms with E-state index < -0.39 is 0 Å². The number of hydrogen-bond acceptors (Lipinski definition) is 2. The van der Waals surface area contributed by atoms with Gasteiger partial charge in [-0.1, -0.05) is 36.4 Å². The van der Waals surface area contributed by atoms with Crippen LogP contribution in [0.3, 0.4) is 0 Å². The van der Waals surface area contributed by atoms with Gasteiger partial charge in [0.1, 0.15) is 0 Å². The summed E-state index contributed by atoms with van der Waals surface area (Å²) in [6.07, 6.45) is 0. The lowest BCUT2D eigenvalue weighted by Gasteiger charge is -2.20. The van der Waals surface area contributed by atoms with Gasteiger partial charge in [-0.25, -0.2) is 0 Å². The van der Waals surface area contributed by atoms with Crippen molar-refractivity contribution in [2.75, 3.05) is 25.5 Å². The van der Waals surface area contributed by atoms with Crippen LogP contribution < -0.4 is 10.2 Å². The van der Waals surface area contributed by atoms with Crippen LogP contribution in [0.25, 0.3) is 10.8 Å². The number of fused-ring (bicyclic) bond motifs is 1. The zero-order chi connectivity index (χ0) is 12.3. The molecule has 0 aliphatic heterocycles. The molecule has 2 aromatic rings. The lowest BCUT2D eigenvalue weighted by Crippen LogP contribution is -2.32. The van der Waals surface area contributed by atoms with Crippen LogP contribution in [0.15, 0.2) is 42.5 Å². The minimum absolute atomic E-state index is 0.0143. The fourth-order valence-corrected chi connectivity index (χ4v) is 1.92. The summed E-state index contributed by atoms with van der Waals surface area (Å²) in [6, 6.07) is 14.3. The fourth-order valence-electron chi connectivity index (χ4n) is 1.92. The van der Waals surface area contributed by atoms with Gasteiger partial charge in [0.15, 0.2) is 0 Å². The maximum Gasteiger partial charge on any atom is 0.239 e. The third-order valence-corrected chi connectivity index (χ3v) is 2.84. The first-order chi connectivity index (χ1) is 8.22. The summed E-state index contributed by atoms with van der Waals surface area (Å²) in [7, 11) is 3.58. The van der Waals surface area contributed by atoms with Crippen LogP contribution in [-0.2, 0) is 4.79 Å². The smallest absolute Gasteiger partial charge is 0.239 e. The number of anilines is 1. The Labute approximate surface area is 101 Å². The third-order valence-electron chi connectivity index (χ3n) is 2.84. The highest BCUT2D eigenvalue weighted by atomic mass is 16.1. The van der Waals surface area contributed by atoms with Gasteiger partial charge in [-0.05, 0) is 11.5 Å². The van der Waals surface area contributed by atoms with Gasteiger partial charge in [0.05, 0.1) is 6.54 Å². The third kappa shape index (κ3) is 2.38. The van der Waals surface area contributed by atoms with Gasteiger partial charge in [-0.3, -0.25) is 4.79 Å². The van der Waals surface area contributed by atoms with Gasteiger partial charge >= 0.3 is 0 Å². The van der Waals surface area contributed by atoms with E-state index in [1.165, 1.54) is 10.8 Å². The number of nitrogens with zero attached hydrogens (tertiary/aromatic N) is 1. The molecule has 1 amide bonds. The van der Waals surface area contributed by atoms with Crippen molar-refractivity contribution in [2.45, 2.75) is 0 Å². The Balaban J connectivity index is 2.38. The van der Waals surface area contributed by atoms with E-state index in [4.69, 9.17) is 0 Å². The monoisotopic (exact) mass is 228 g/mol. The fraction of sp³-hybridized carbons (Fsp3) is 0.214. The Morgan fingerprint density at radius 1 is 1.18 bits per heavy atom. The van der Waals surface area contributed by atoms with Gasteiger partial charge in [0, 0.05) is 25.2 Å². The molecule has 0 atom stereocenters. The van der Waals surface area contributed by atoms with E-state index in [-0.39, 0.29) is 5.91 Å². The first-order valence-corrected chi connectivity index (χ1v) is 5.62. The molecule has 88 valence electrons. The average Bonchev–Trinajstić information content (AvgIpc) is 2.37. The molecule has 3 nitrogen and oxygen atoms in total. The largest absolute Gasteiger partial charge is 0.365 e. The summed E-state index contributed by atoms with van der Waals surface area (Å²) in [5.41, 5.74) is 1.08. The second kappa shape index (κ2) is 4.87. The Bertz CT molecular complexity index is 531. The molecule has 0 radical (unpaired) electrons. The molecule has 0 fully saturated rings. The van der Waals surface area contributed by atoms with Crippen molar-refractivity contribution in [2.24, 2.45) is 0 Å². The van der Waals surface area contributed by atoms with Crippen LogP contribution in [-0.4, -0.2) is 26.5 Å². The van der Waals surface area contributed by atoms with Crippen molar-refractivity contribution in [3.05, 3.63) is 42.5 Å². The lowest BCUT2D eigenvalue weighted by molar-refractivity contribution is -0.119. The minimum atomic E-state index is 0.0143. The maximum absolute atomic E-state index is 11.4. The summed E-state index contributed by atoms with van der Waals surface area (Å²) in [5, 5.41) is 4.99. The highest BCUT2D eigenvalue weighted by Crippen LogP contribution is 2.25. The van der Waals surface area contributed by atoms with Crippen molar-refractivity contribution in [3.8, 4) is 0 Å². The number of carbonyl (C=O) groups is 1. The second-order valence-electron chi connectivity index (χ2n) is 4.03. The molecule has 0 aliphatic carbocycles. The van der Waals surface area contributed by atoms with Crippen LogP contribution in [0.1, 0.15) is 0 Å². The van der Waals surface area contributed by atoms with Gasteiger partial charge in [0.25, 0.3) is 0 Å². The van der Waals surface area contributed by atoms with E-state index in [2.05, 4.69) is 23.5 Å². The average molecular weight is 228 g/mol. The van der Waals surface area contributed by atoms with Crippen LogP contribution >= 0.6 is 0 Å². The van der Waals surface area contributed by atoms with Crippen molar-refractivity contribution < 1.29 is 4.79 Å². The molecule has 0 spiro atoms. The molecule has 2 aromatic carbocycles. The molecule has 3 heteroatoms. The number of hydrogen-bond donors (Lipinski definition) is 1. The van der Waals surface area contributed by atoms with Crippen molar-refractivity contribution in [1.29, 1.82) is 0 Å². The van der Waals surface area contributed by atoms with Gasteiger partial charge < -0.3 is 10.2 Å². The molecular formula is C14H16N2O. The zero-order valence-corrected chi connectivity index (χ0v) is 10.1. The molecule has 0 unspecified atom stereocenters. The van der Waals surface area contributed by atoms with Gasteiger partial charge in [0.2, 0.25) is 5.91 Å². The predicted octanol–water partition coefficient (Wildman–Crippen LogP) is 2.02. The van der Waals surface area contributed by atoms with E-state index in [9.17, 15) is 4.79 Å². The molecule has 2 rings (SSSR count). The molecule has 0 heterocycles. The molecule has 17 heavy (non-hydrogen) atoms. The standard InChI is InChI=1S/C14H16N2O/c1-15-14(17)10-16(2)13-9-5-7-11-6-3-4-8-12(11)13/h3-9H,10H2,1-2H3,(H,15,17). The van der Waals surface area contributed by atoms with E-state index in [0.29, 0.717) is 6.54 Å². The first kappa shape index (κ1) is 11.5. The van der Waals surface area contributed by atoms with E-state index in [1.54, 1.807) is 7.05 Å². The van der Waals surface area contributed by atoms with Crippen LogP contribution in [0.2, 0.25) is 0 Å². The SMILES string of the molecule is CNC(=O)CN(C)c1cccc2ccccc12. The summed E-state index contributed by atoms with van der Waals surface area (Å²) in [5.74, 6) is 0.0143. The zero-order valence-electron chi connectivity index (χ0n) is 10.1. The number of likely N-dealkylation sites (N-methyl/N-ethyl adjacent to an activating group) is 2. The van der Waals surface area contributed by atoms with E-state index in [0.717, 1.165) is 5.69 Å². The molecule has 0 saturated carbocycles. The van der Waals surface area contributed by atoms with Crippen LogP contribution in [0.5, 0.6) is 0 Å². The number of nitrogens with one attached hydrogen (secondary N) is 1. The maximum atomic E-state index is 11.4. The topological polar surface area (TPSA) is 32.3 Å². The van der Waals surface area contributed by atoms with Crippen LogP contribution in [0, 0.1) is 0 Å². The second-order valence-corrected chi connectivity index (χ2v) is 4.03. The number of benzene rings is 2. The molecule has 0 aliphatic rings. The number of amides is 1. The summed E-state index contributed by atoms with van der Waals surface area (Å²) < 4.78 is 0. The number of rotatable bonds is 3. The molecule has 1 N–H and O–H groups in total. The van der Waals surface area contributed by atoms with Crippen molar-refractivity contribution in [3.63, 3.8) is 0 Å². The Kier molecular flexibility index (Phi) is 3.28. The van der Waals surface area contributed by atoms with Gasteiger partial charge in [-0.15, -0.1) is 0 Å². The highest BCUT2D eigenvalue weighted by Gasteiger charge is 2.08. The Hall–Kier alpha value is -2.03. The summed E-state index contributed by atoms with van der Waals surface area (Å²) in [4.78, 5) is 13.3. The molecule has 0 aromatic heterocycles. The van der Waals surface area contributed by atoms with Gasteiger partial charge in [-0.2, -0.15) is 0 Å². The predicted molar refractivity (Wildman–Crippen MR) is 71.3 cm³/mol. The van der Waals surface area contributed by atoms with Crippen LogP contribution in [0.4, 0.5) is 5.69 Å². The number of carbonyl (C=O) groups excluding carboxylic acids is 1. The van der Waals surface area contributed by atoms with E-state index in [1.807, 2.05) is 36.2 Å². The minimum Gasteiger partial charge on any atom is -0.365 e. The molecule has 0 bridgehead atoms. The first-order valence-electron chi connectivity index (χ1n) is 5.62. The summed E-state index contributed by atoms with van der Waals surface area (Å²) >= 11 is 0. The van der Waals surface area contributed by atoms with Crippen molar-refractivity contribution in [1.82, 2.24) is 5.32 Å². The quantitative estimate of drug-likeness (QED) is 0.871. The summed E-state index contributed by atoms with van der Waals surface area (Å²) in [6.45, 7) is 0.366. The molecule has 0 saturated heterocycles. The van der Waals surface area contributed by atoms with E-state index >= 15 is 0 Å². The highest BCUT2D eigenvalue weighted by molar-refractivity contribution is 5.95. The Morgan fingerprint density at radius 2 is 1.88 bits per heavy atom.